The Kier molecular flexibility index (Phi) is 5.11. The van der Waals surface area contributed by atoms with Crippen LogP contribution >= 0.6 is 22.9 Å². The minimum atomic E-state index is -0.221. The second-order valence-electron chi connectivity index (χ2n) is 3.69. The van der Waals surface area contributed by atoms with Gasteiger partial charge in [0, 0.05) is 19.1 Å². The molecule has 1 heterocycles. The van der Waals surface area contributed by atoms with Crippen molar-refractivity contribution in [2.45, 2.75) is 19.9 Å². The van der Waals surface area contributed by atoms with E-state index in [9.17, 15) is 4.79 Å². The van der Waals surface area contributed by atoms with Gasteiger partial charge in [-0.1, -0.05) is 11.3 Å². The van der Waals surface area contributed by atoms with E-state index in [1.807, 2.05) is 7.05 Å². The first kappa shape index (κ1) is 13.3. The maximum absolute atomic E-state index is 11.5. The average Bonchev–Trinajstić information content (AvgIpc) is 2.64. The van der Waals surface area contributed by atoms with Crippen LogP contribution in [0.1, 0.15) is 23.6 Å². The fourth-order valence-corrected chi connectivity index (χ4v) is 1.72. The van der Waals surface area contributed by atoms with Crippen molar-refractivity contribution in [2.24, 2.45) is 0 Å². The molecule has 0 aliphatic rings. The number of halogens is 1. The van der Waals surface area contributed by atoms with Crippen LogP contribution in [0.15, 0.2) is 0 Å². The number of nitrogens with one attached hydrogen (secondary N) is 1. The lowest BCUT2D eigenvalue weighted by Gasteiger charge is -2.20. The minimum Gasteiger partial charge on any atom is -0.349 e. The van der Waals surface area contributed by atoms with Gasteiger partial charge in [0.25, 0.3) is 5.91 Å². The van der Waals surface area contributed by atoms with E-state index in [0.29, 0.717) is 17.6 Å². The third-order valence-corrected chi connectivity index (χ3v) is 3.24. The van der Waals surface area contributed by atoms with E-state index in [4.69, 9.17) is 11.6 Å². The zero-order valence-electron chi connectivity index (χ0n) is 9.53. The Balaban J connectivity index is 2.31. The summed E-state index contributed by atoms with van der Waals surface area (Å²) in [7, 11) is 2.01. The highest BCUT2D eigenvalue weighted by Gasteiger charge is 2.11. The van der Waals surface area contributed by atoms with E-state index in [1.54, 1.807) is 0 Å². The van der Waals surface area contributed by atoms with E-state index in [1.165, 1.54) is 0 Å². The molecular weight excluding hydrogens is 248 g/mol. The van der Waals surface area contributed by atoms with Crippen molar-refractivity contribution in [3.8, 4) is 0 Å². The van der Waals surface area contributed by atoms with Gasteiger partial charge in [-0.2, -0.15) is 0 Å². The van der Waals surface area contributed by atoms with Crippen molar-refractivity contribution in [1.29, 1.82) is 0 Å². The number of carbonyl (C=O) groups is 1. The van der Waals surface area contributed by atoms with Crippen molar-refractivity contribution in [3.63, 3.8) is 0 Å². The van der Waals surface area contributed by atoms with Crippen LogP contribution in [0.5, 0.6) is 0 Å². The van der Waals surface area contributed by atoms with E-state index in [-0.39, 0.29) is 10.4 Å². The summed E-state index contributed by atoms with van der Waals surface area (Å²) < 4.78 is 0.282. The van der Waals surface area contributed by atoms with Gasteiger partial charge in [-0.05, 0) is 32.5 Å². The lowest BCUT2D eigenvalue weighted by molar-refractivity contribution is 0.0947. The molecule has 0 bridgehead atoms. The fraction of sp³-hybridized carbons (Fsp3) is 0.667. The molecule has 16 heavy (non-hydrogen) atoms. The Hall–Kier alpha value is -0.720. The second-order valence-corrected chi connectivity index (χ2v) is 5.25. The van der Waals surface area contributed by atoms with Crippen molar-refractivity contribution in [3.05, 3.63) is 9.47 Å². The van der Waals surface area contributed by atoms with Gasteiger partial charge in [0.05, 0.1) is 0 Å². The molecule has 0 saturated heterocycles. The molecule has 0 radical (unpaired) electrons. The van der Waals surface area contributed by atoms with Gasteiger partial charge >= 0.3 is 0 Å². The van der Waals surface area contributed by atoms with E-state index >= 15 is 0 Å². The standard InChI is InChI=1S/C9H15ClN4OS/c1-6(2)14(3)5-4-11-7(15)8-12-13-9(10)16-8/h6H,4-5H2,1-3H3,(H,11,15). The predicted molar refractivity (Wildman–Crippen MR) is 65.0 cm³/mol. The Labute approximate surface area is 104 Å². The molecule has 90 valence electrons. The minimum absolute atomic E-state index is 0.221. The SMILES string of the molecule is CC(C)N(C)CCNC(=O)c1nnc(Cl)s1. The zero-order valence-corrected chi connectivity index (χ0v) is 11.1. The molecule has 5 nitrogen and oxygen atoms in total. The van der Waals surface area contributed by atoms with Crippen LogP contribution in [-0.2, 0) is 0 Å². The van der Waals surface area contributed by atoms with Crippen LogP contribution in [0.4, 0.5) is 0 Å². The lowest BCUT2D eigenvalue weighted by Crippen LogP contribution is -2.36. The maximum Gasteiger partial charge on any atom is 0.282 e. The highest BCUT2D eigenvalue weighted by Crippen LogP contribution is 2.14. The first-order valence-electron chi connectivity index (χ1n) is 4.98. The van der Waals surface area contributed by atoms with Gasteiger partial charge in [-0.3, -0.25) is 4.79 Å². The van der Waals surface area contributed by atoms with E-state index in [0.717, 1.165) is 17.9 Å². The van der Waals surface area contributed by atoms with Gasteiger partial charge in [0.1, 0.15) is 0 Å². The summed E-state index contributed by atoms with van der Waals surface area (Å²) >= 11 is 6.67. The summed E-state index contributed by atoms with van der Waals surface area (Å²) in [5.41, 5.74) is 0. The number of likely N-dealkylation sites (N-methyl/N-ethyl adjacent to an activating group) is 1. The molecule has 1 N–H and O–H groups in total. The molecule has 0 unspecified atom stereocenters. The van der Waals surface area contributed by atoms with E-state index < -0.39 is 0 Å². The van der Waals surface area contributed by atoms with Gasteiger partial charge in [-0.15, -0.1) is 10.2 Å². The Bertz CT molecular complexity index is 355. The van der Waals surface area contributed by atoms with E-state index in [2.05, 4.69) is 34.3 Å². The Morgan fingerprint density at radius 3 is 2.75 bits per heavy atom. The summed E-state index contributed by atoms with van der Waals surface area (Å²) in [6, 6.07) is 0.466. The lowest BCUT2D eigenvalue weighted by atomic mass is 10.3. The maximum atomic E-state index is 11.5. The van der Waals surface area contributed by atoms with Crippen LogP contribution < -0.4 is 5.32 Å². The van der Waals surface area contributed by atoms with Crippen molar-refractivity contribution in [2.75, 3.05) is 20.1 Å². The predicted octanol–water partition coefficient (Wildman–Crippen LogP) is 1.26. The third kappa shape index (κ3) is 4.03. The van der Waals surface area contributed by atoms with Crippen molar-refractivity contribution >= 4 is 28.8 Å². The summed E-state index contributed by atoms with van der Waals surface area (Å²) in [6.07, 6.45) is 0. The molecule has 0 aliphatic heterocycles. The third-order valence-electron chi connectivity index (χ3n) is 2.23. The van der Waals surface area contributed by atoms with Crippen LogP contribution in [0.2, 0.25) is 4.47 Å². The van der Waals surface area contributed by atoms with Crippen LogP contribution in [0, 0.1) is 0 Å². The Morgan fingerprint density at radius 2 is 2.25 bits per heavy atom. The molecule has 0 aromatic carbocycles. The first-order chi connectivity index (χ1) is 7.50. The molecular formula is C9H15ClN4OS. The normalized spacial score (nSPS) is 11.1. The zero-order chi connectivity index (χ0) is 12.1. The smallest absolute Gasteiger partial charge is 0.282 e. The monoisotopic (exact) mass is 262 g/mol. The second kappa shape index (κ2) is 6.12. The molecule has 7 heteroatoms. The summed E-state index contributed by atoms with van der Waals surface area (Å²) in [5, 5.41) is 10.3. The van der Waals surface area contributed by atoms with Crippen LogP contribution in [-0.4, -0.2) is 47.2 Å². The highest BCUT2D eigenvalue weighted by molar-refractivity contribution is 7.17. The number of hydrogen-bond acceptors (Lipinski definition) is 5. The molecule has 1 amide bonds. The molecule has 0 atom stereocenters. The largest absolute Gasteiger partial charge is 0.349 e. The summed E-state index contributed by atoms with van der Waals surface area (Å²) in [5.74, 6) is -0.221. The molecule has 1 aromatic rings. The van der Waals surface area contributed by atoms with Gasteiger partial charge in [0.15, 0.2) is 0 Å². The molecule has 0 fully saturated rings. The summed E-state index contributed by atoms with van der Waals surface area (Å²) in [6.45, 7) is 5.60. The number of hydrogen-bond donors (Lipinski definition) is 1. The Morgan fingerprint density at radius 1 is 1.56 bits per heavy atom. The fourth-order valence-electron chi connectivity index (χ4n) is 0.977. The number of aromatic nitrogens is 2. The first-order valence-corrected chi connectivity index (χ1v) is 6.17. The highest BCUT2D eigenvalue weighted by atomic mass is 35.5. The quantitative estimate of drug-likeness (QED) is 0.868. The van der Waals surface area contributed by atoms with Crippen LogP contribution in [0.25, 0.3) is 0 Å². The molecule has 0 saturated carbocycles. The number of carbonyl (C=O) groups excluding carboxylic acids is 1. The molecule has 0 aliphatic carbocycles. The van der Waals surface area contributed by atoms with Gasteiger partial charge in [0.2, 0.25) is 9.47 Å². The summed E-state index contributed by atoms with van der Waals surface area (Å²) in [4.78, 5) is 13.7. The number of amides is 1. The molecule has 0 spiro atoms. The van der Waals surface area contributed by atoms with Gasteiger partial charge < -0.3 is 10.2 Å². The average molecular weight is 263 g/mol. The molecule has 1 aromatic heterocycles. The van der Waals surface area contributed by atoms with Gasteiger partial charge in [-0.25, -0.2) is 0 Å². The van der Waals surface area contributed by atoms with Crippen LogP contribution in [0.3, 0.4) is 0 Å². The molecule has 1 rings (SSSR count). The topological polar surface area (TPSA) is 58.1 Å². The van der Waals surface area contributed by atoms with Crippen molar-refractivity contribution < 1.29 is 4.79 Å². The number of nitrogens with zero attached hydrogens (tertiary/aromatic N) is 3. The van der Waals surface area contributed by atoms with Crippen molar-refractivity contribution in [1.82, 2.24) is 20.4 Å². The number of rotatable bonds is 5.